The topological polar surface area (TPSA) is 9.23 Å². The molecule has 0 saturated heterocycles. The van der Waals surface area contributed by atoms with Crippen LogP contribution in [0.4, 0.5) is 17.6 Å². The molecular weight excluding hydrogens is 332 g/mol. The maximum Gasteiger partial charge on any atom is 0.387 e. The van der Waals surface area contributed by atoms with Crippen LogP contribution in [0.1, 0.15) is 57.4 Å². The summed E-state index contributed by atoms with van der Waals surface area (Å²) >= 11 is 0. The Balaban J connectivity index is 1.82. The second-order valence-corrected chi connectivity index (χ2v) is 6.80. The molecule has 1 aliphatic rings. The molecule has 1 saturated carbocycles. The third-order valence-electron chi connectivity index (χ3n) is 4.86. The van der Waals surface area contributed by atoms with Crippen molar-refractivity contribution in [3.63, 3.8) is 0 Å². The van der Waals surface area contributed by atoms with Crippen LogP contribution in [-0.2, 0) is 6.42 Å². The van der Waals surface area contributed by atoms with Gasteiger partial charge in [-0.05, 0) is 74.5 Å². The van der Waals surface area contributed by atoms with E-state index in [1.807, 2.05) is 0 Å². The summed E-state index contributed by atoms with van der Waals surface area (Å²) in [5.74, 6) is -1.93. The molecule has 0 spiro atoms. The molecule has 1 aliphatic carbocycles. The highest BCUT2D eigenvalue weighted by molar-refractivity contribution is 5.31. The number of alkyl halides is 2. The molecule has 25 heavy (non-hydrogen) atoms. The minimum absolute atomic E-state index is 0.488. The fraction of sp³-hybridized carbons (Fsp3) is 0.600. The normalized spacial score (nSPS) is 21.2. The van der Waals surface area contributed by atoms with E-state index in [9.17, 15) is 17.6 Å². The maximum atomic E-state index is 13.7. The molecule has 0 aliphatic heterocycles. The molecule has 1 aromatic carbocycles. The summed E-state index contributed by atoms with van der Waals surface area (Å²) < 4.78 is 55.6. The van der Waals surface area contributed by atoms with Crippen LogP contribution < -0.4 is 4.74 Å². The first-order chi connectivity index (χ1) is 12.0. The molecule has 2 rings (SSSR count). The Morgan fingerprint density at radius 1 is 1.12 bits per heavy atom. The molecule has 0 atom stereocenters. The van der Waals surface area contributed by atoms with Crippen LogP contribution in [0.25, 0.3) is 0 Å². The van der Waals surface area contributed by atoms with Crippen LogP contribution in [0, 0.1) is 23.5 Å². The Hall–Kier alpha value is -1.52. The van der Waals surface area contributed by atoms with Crippen molar-refractivity contribution in [1.29, 1.82) is 0 Å². The van der Waals surface area contributed by atoms with Crippen molar-refractivity contribution in [2.45, 2.75) is 64.9 Å². The first-order valence-corrected chi connectivity index (χ1v) is 9.09. The highest BCUT2D eigenvalue weighted by Crippen LogP contribution is 2.33. The largest absolute Gasteiger partial charge is 0.429 e. The monoisotopic (exact) mass is 358 g/mol. The number of rotatable bonds is 8. The minimum Gasteiger partial charge on any atom is -0.429 e. The quantitative estimate of drug-likeness (QED) is 0.373. The molecule has 0 N–H and O–H groups in total. The van der Waals surface area contributed by atoms with Crippen molar-refractivity contribution in [3.8, 4) is 5.75 Å². The fourth-order valence-electron chi connectivity index (χ4n) is 3.45. The van der Waals surface area contributed by atoms with Gasteiger partial charge in [0.15, 0.2) is 17.4 Å². The summed E-state index contributed by atoms with van der Waals surface area (Å²) in [6, 6.07) is 2.19. The number of benzene rings is 1. The van der Waals surface area contributed by atoms with Crippen LogP contribution in [-0.4, -0.2) is 6.61 Å². The second kappa shape index (κ2) is 9.83. The average molecular weight is 358 g/mol. The van der Waals surface area contributed by atoms with E-state index in [0.717, 1.165) is 50.7 Å². The second-order valence-electron chi connectivity index (χ2n) is 6.80. The molecule has 0 amide bonds. The lowest BCUT2D eigenvalue weighted by molar-refractivity contribution is -0.0546. The summed E-state index contributed by atoms with van der Waals surface area (Å²) in [5.41, 5.74) is 0.488. The molecule has 0 radical (unpaired) electrons. The van der Waals surface area contributed by atoms with Crippen molar-refractivity contribution < 1.29 is 22.3 Å². The maximum absolute atomic E-state index is 13.7. The molecule has 0 heterocycles. The lowest BCUT2D eigenvalue weighted by Gasteiger charge is -2.26. The third-order valence-corrected chi connectivity index (χ3v) is 4.86. The SMILES string of the molecule is CCC/C=C/C1CCC(CCc2cc(F)c(OC(F)F)c(F)c2)CC1. The van der Waals surface area contributed by atoms with Crippen molar-refractivity contribution in [2.75, 3.05) is 0 Å². The van der Waals surface area contributed by atoms with E-state index in [1.165, 1.54) is 6.42 Å². The van der Waals surface area contributed by atoms with Crippen LogP contribution in [0.3, 0.4) is 0 Å². The van der Waals surface area contributed by atoms with Gasteiger partial charge in [0.25, 0.3) is 0 Å². The summed E-state index contributed by atoms with van der Waals surface area (Å²) in [7, 11) is 0. The van der Waals surface area contributed by atoms with E-state index in [1.54, 1.807) is 0 Å². The molecule has 0 aromatic heterocycles. The Kier molecular flexibility index (Phi) is 7.79. The number of allylic oxidation sites excluding steroid dienone is 2. The lowest BCUT2D eigenvalue weighted by Crippen LogP contribution is -2.14. The molecule has 5 heteroatoms. The van der Waals surface area contributed by atoms with E-state index in [0.29, 0.717) is 23.8 Å². The van der Waals surface area contributed by atoms with Gasteiger partial charge >= 0.3 is 6.61 Å². The average Bonchev–Trinajstić information content (AvgIpc) is 2.57. The summed E-state index contributed by atoms with van der Waals surface area (Å²) in [6.45, 7) is -1.07. The number of hydrogen-bond donors (Lipinski definition) is 0. The van der Waals surface area contributed by atoms with Crippen LogP contribution >= 0.6 is 0 Å². The predicted molar refractivity (Wildman–Crippen MR) is 90.8 cm³/mol. The lowest BCUT2D eigenvalue weighted by atomic mass is 9.79. The third kappa shape index (κ3) is 6.37. The predicted octanol–water partition coefficient (Wildman–Crippen LogP) is 6.66. The Morgan fingerprint density at radius 2 is 1.76 bits per heavy atom. The molecule has 0 unspecified atom stereocenters. The highest BCUT2D eigenvalue weighted by atomic mass is 19.3. The molecule has 1 nitrogen and oxygen atoms in total. The number of unbranched alkanes of at least 4 members (excludes halogenated alkanes) is 1. The zero-order valence-electron chi connectivity index (χ0n) is 14.6. The Labute approximate surface area is 147 Å². The molecule has 140 valence electrons. The minimum atomic E-state index is -3.24. The van der Waals surface area contributed by atoms with Gasteiger partial charge < -0.3 is 4.74 Å². The fourth-order valence-corrected chi connectivity index (χ4v) is 3.45. The van der Waals surface area contributed by atoms with Gasteiger partial charge in [0.2, 0.25) is 0 Å². The first-order valence-electron chi connectivity index (χ1n) is 9.09. The van der Waals surface area contributed by atoms with Gasteiger partial charge in [-0.15, -0.1) is 0 Å². The number of halogens is 4. The number of aryl methyl sites for hydroxylation is 1. The van der Waals surface area contributed by atoms with E-state index in [2.05, 4.69) is 23.8 Å². The Bertz CT molecular complexity index is 540. The van der Waals surface area contributed by atoms with Gasteiger partial charge in [-0.1, -0.05) is 25.5 Å². The van der Waals surface area contributed by atoms with Crippen LogP contribution in [0.5, 0.6) is 5.75 Å². The number of ether oxygens (including phenoxy) is 1. The molecule has 1 fully saturated rings. The van der Waals surface area contributed by atoms with Gasteiger partial charge in [0.05, 0.1) is 0 Å². The van der Waals surface area contributed by atoms with Crippen molar-refractivity contribution >= 4 is 0 Å². The zero-order valence-corrected chi connectivity index (χ0v) is 14.6. The standard InChI is InChI=1S/C20H26F4O/c1-2-3-4-5-14-6-8-15(9-7-14)10-11-16-12-17(21)19(18(22)13-16)25-20(23)24/h4-5,12-15,20H,2-3,6-11H2,1H3/b5-4+. The summed E-state index contributed by atoms with van der Waals surface area (Å²) in [4.78, 5) is 0. The van der Waals surface area contributed by atoms with Gasteiger partial charge in [0, 0.05) is 0 Å². The Morgan fingerprint density at radius 3 is 2.32 bits per heavy atom. The summed E-state index contributed by atoms with van der Waals surface area (Å²) in [5, 5.41) is 0. The smallest absolute Gasteiger partial charge is 0.387 e. The van der Waals surface area contributed by atoms with Crippen molar-refractivity contribution in [1.82, 2.24) is 0 Å². The van der Waals surface area contributed by atoms with Crippen molar-refractivity contribution in [3.05, 3.63) is 41.5 Å². The first kappa shape index (κ1) is 19.8. The van der Waals surface area contributed by atoms with E-state index < -0.39 is 24.0 Å². The van der Waals surface area contributed by atoms with Gasteiger partial charge in [0.1, 0.15) is 0 Å². The van der Waals surface area contributed by atoms with Crippen LogP contribution in [0.2, 0.25) is 0 Å². The van der Waals surface area contributed by atoms with E-state index in [-0.39, 0.29) is 0 Å². The van der Waals surface area contributed by atoms with Gasteiger partial charge in [-0.3, -0.25) is 0 Å². The van der Waals surface area contributed by atoms with Crippen molar-refractivity contribution in [2.24, 2.45) is 11.8 Å². The molecule has 1 aromatic rings. The van der Waals surface area contributed by atoms with Gasteiger partial charge in [-0.25, -0.2) is 8.78 Å². The van der Waals surface area contributed by atoms with Gasteiger partial charge in [-0.2, -0.15) is 8.78 Å². The molecular formula is C20H26F4O. The highest BCUT2D eigenvalue weighted by Gasteiger charge is 2.21. The van der Waals surface area contributed by atoms with E-state index in [4.69, 9.17) is 0 Å². The van der Waals surface area contributed by atoms with E-state index >= 15 is 0 Å². The molecule has 0 bridgehead atoms. The van der Waals surface area contributed by atoms with Crippen LogP contribution in [0.15, 0.2) is 24.3 Å². The zero-order chi connectivity index (χ0) is 18.2. The number of hydrogen-bond acceptors (Lipinski definition) is 1. The summed E-state index contributed by atoms with van der Waals surface area (Å²) in [6.07, 6.45) is 12.9.